The first-order valence-corrected chi connectivity index (χ1v) is 13.0. The summed E-state index contributed by atoms with van der Waals surface area (Å²) >= 11 is 0. The van der Waals surface area contributed by atoms with Gasteiger partial charge in [0.25, 0.3) is 0 Å². The molecule has 0 radical (unpaired) electrons. The van der Waals surface area contributed by atoms with Crippen LogP contribution in [0.3, 0.4) is 0 Å². The van der Waals surface area contributed by atoms with Gasteiger partial charge < -0.3 is 64.5 Å². The van der Waals surface area contributed by atoms with Crippen LogP contribution in [0.5, 0.6) is 23.0 Å². The second kappa shape index (κ2) is 11.7. The van der Waals surface area contributed by atoms with Gasteiger partial charge in [-0.3, -0.25) is 4.79 Å². The highest BCUT2D eigenvalue weighted by Crippen LogP contribution is 2.43. The predicted octanol–water partition coefficient (Wildman–Crippen LogP) is -1.17. The van der Waals surface area contributed by atoms with Crippen LogP contribution in [0.1, 0.15) is 35.4 Å². The van der Waals surface area contributed by atoms with Gasteiger partial charge in [0.1, 0.15) is 71.3 Å². The van der Waals surface area contributed by atoms with Gasteiger partial charge in [0.05, 0.1) is 19.1 Å². The van der Waals surface area contributed by atoms with Crippen molar-refractivity contribution in [3.05, 3.63) is 47.5 Å². The van der Waals surface area contributed by atoms with Crippen molar-refractivity contribution in [1.82, 2.24) is 0 Å². The Kier molecular flexibility index (Phi) is 8.39. The number of phenolic OH excluding ortho intramolecular Hbond substituents is 2. The van der Waals surface area contributed by atoms with Crippen molar-refractivity contribution < 1.29 is 69.3 Å². The molecule has 8 N–H and O–H groups in total. The van der Waals surface area contributed by atoms with E-state index in [9.17, 15) is 45.6 Å². The zero-order chi connectivity index (χ0) is 29.6. The van der Waals surface area contributed by atoms with Gasteiger partial charge >= 0.3 is 0 Å². The molecule has 0 aliphatic carbocycles. The van der Waals surface area contributed by atoms with Gasteiger partial charge in [0.2, 0.25) is 6.29 Å². The van der Waals surface area contributed by atoms with Crippen molar-refractivity contribution in [3.63, 3.8) is 0 Å². The lowest BCUT2D eigenvalue weighted by molar-refractivity contribution is -0.354. The third-order valence-corrected chi connectivity index (χ3v) is 7.42. The fourth-order valence-corrected chi connectivity index (χ4v) is 5.07. The average molecular weight is 581 g/mol. The van der Waals surface area contributed by atoms with E-state index < -0.39 is 85.7 Å². The van der Waals surface area contributed by atoms with Crippen LogP contribution in [0.25, 0.3) is 0 Å². The van der Waals surface area contributed by atoms with Crippen molar-refractivity contribution in [2.75, 3.05) is 6.61 Å². The van der Waals surface area contributed by atoms with Crippen molar-refractivity contribution >= 4 is 5.78 Å². The molecular formula is C27H32O14. The van der Waals surface area contributed by atoms with Crippen LogP contribution in [0.15, 0.2) is 36.4 Å². The van der Waals surface area contributed by atoms with Crippen LogP contribution in [0.4, 0.5) is 0 Å². The molecule has 224 valence electrons. The maximum absolute atomic E-state index is 12.9. The van der Waals surface area contributed by atoms with Crippen molar-refractivity contribution in [2.24, 2.45) is 0 Å². The Morgan fingerprint density at radius 2 is 1.59 bits per heavy atom. The summed E-state index contributed by atoms with van der Waals surface area (Å²) in [7, 11) is 0. The topological polar surface area (TPSA) is 225 Å². The van der Waals surface area contributed by atoms with Crippen LogP contribution in [0.2, 0.25) is 0 Å². The summed E-state index contributed by atoms with van der Waals surface area (Å²) in [5, 5.41) is 81.6. The standard InChI is InChI=1S/C27H32O14/c1-10-20(32)22(34)24(36)26(37-10)41-25-23(35)21(33)18(9-28)40-27(25)38-13-6-14(30)19-15(31)8-16(39-17(19)7-13)11-2-4-12(29)5-3-11/h2-7,10,16,18,20-30,32-36H,8-9H2,1H3/t10-,16+,18+,20+,21-,22+,23-,24-,25-,26+,27-/m1/s1. The molecule has 0 unspecified atom stereocenters. The van der Waals surface area contributed by atoms with Gasteiger partial charge in [-0.1, -0.05) is 12.1 Å². The van der Waals surface area contributed by atoms with Gasteiger partial charge in [0.15, 0.2) is 18.2 Å². The fourth-order valence-electron chi connectivity index (χ4n) is 5.07. The quantitative estimate of drug-likeness (QED) is 0.202. The summed E-state index contributed by atoms with van der Waals surface area (Å²) in [5.74, 6) is -0.947. The number of benzene rings is 2. The van der Waals surface area contributed by atoms with Gasteiger partial charge in [-0.25, -0.2) is 0 Å². The second-order valence-electron chi connectivity index (χ2n) is 10.2. The van der Waals surface area contributed by atoms with E-state index in [0.29, 0.717) is 5.56 Å². The van der Waals surface area contributed by atoms with Gasteiger partial charge in [0, 0.05) is 12.1 Å². The van der Waals surface area contributed by atoms with Gasteiger partial charge in [-0.05, 0) is 24.6 Å². The summed E-state index contributed by atoms with van der Waals surface area (Å²) in [4.78, 5) is 12.9. The Morgan fingerprint density at radius 1 is 0.878 bits per heavy atom. The first-order valence-electron chi connectivity index (χ1n) is 13.0. The third-order valence-electron chi connectivity index (χ3n) is 7.42. The average Bonchev–Trinajstić information content (AvgIpc) is 2.94. The number of fused-ring (bicyclic) bond motifs is 1. The number of hydrogen-bond acceptors (Lipinski definition) is 14. The Balaban J connectivity index is 1.41. The summed E-state index contributed by atoms with van der Waals surface area (Å²) in [6.45, 7) is 0.716. The number of rotatable bonds is 6. The molecule has 2 saturated heterocycles. The molecule has 41 heavy (non-hydrogen) atoms. The lowest BCUT2D eigenvalue weighted by Crippen LogP contribution is -2.64. The summed E-state index contributed by atoms with van der Waals surface area (Å²) in [6.07, 6.45) is -16.0. The second-order valence-corrected chi connectivity index (χ2v) is 10.2. The summed E-state index contributed by atoms with van der Waals surface area (Å²) in [6, 6.07) is 8.50. The Hall–Kier alpha value is -3.05. The minimum absolute atomic E-state index is 0.0149. The molecule has 3 aliphatic heterocycles. The van der Waals surface area contributed by atoms with Crippen molar-refractivity contribution in [1.29, 1.82) is 0 Å². The molecule has 0 amide bonds. The highest BCUT2D eigenvalue weighted by Gasteiger charge is 2.51. The molecule has 3 aliphatic rings. The molecular weight excluding hydrogens is 548 g/mol. The SMILES string of the molecule is C[C@H]1O[C@@H](O[C@H]2[C@H](Oc3cc(O)c4c(c3)O[C@H](c3ccc(O)cc3)CC4=O)O[C@@H](CO)[C@@H](O)[C@H]2O)[C@H](O)[C@@H](O)[C@H]1O. The van der Waals surface area contributed by atoms with E-state index in [2.05, 4.69) is 0 Å². The summed E-state index contributed by atoms with van der Waals surface area (Å²) in [5.41, 5.74) is 0.529. The number of hydrogen-bond donors (Lipinski definition) is 8. The highest BCUT2D eigenvalue weighted by atomic mass is 16.8. The molecule has 5 rings (SSSR count). The molecule has 2 fully saturated rings. The van der Waals surface area contributed by atoms with Crippen LogP contribution in [0, 0.1) is 0 Å². The lowest BCUT2D eigenvalue weighted by Gasteiger charge is -2.45. The van der Waals surface area contributed by atoms with Crippen LogP contribution < -0.4 is 9.47 Å². The molecule has 0 saturated carbocycles. The third kappa shape index (κ3) is 5.70. The predicted molar refractivity (Wildman–Crippen MR) is 134 cm³/mol. The molecule has 2 aromatic rings. The zero-order valence-electron chi connectivity index (χ0n) is 21.8. The molecule has 14 nitrogen and oxygen atoms in total. The number of Topliss-reactive ketones (excluding diaryl/α,β-unsaturated/α-hetero) is 1. The van der Waals surface area contributed by atoms with Gasteiger partial charge in [-0.2, -0.15) is 0 Å². The van der Waals surface area contributed by atoms with E-state index in [1.165, 1.54) is 25.1 Å². The maximum atomic E-state index is 12.9. The maximum Gasteiger partial charge on any atom is 0.229 e. The molecule has 0 aromatic heterocycles. The monoisotopic (exact) mass is 580 g/mol. The minimum atomic E-state index is -1.75. The molecule has 2 aromatic carbocycles. The Morgan fingerprint density at radius 3 is 2.27 bits per heavy atom. The Labute approximate surface area is 233 Å². The molecule has 0 bridgehead atoms. The lowest BCUT2D eigenvalue weighted by atomic mass is 9.95. The normalized spacial score (nSPS) is 37.2. The van der Waals surface area contributed by atoms with Gasteiger partial charge in [-0.15, -0.1) is 0 Å². The first kappa shape index (κ1) is 29.4. The first-order chi connectivity index (χ1) is 19.5. The van der Waals surface area contributed by atoms with E-state index >= 15 is 0 Å². The Bertz CT molecular complexity index is 1240. The number of aliphatic hydroxyl groups excluding tert-OH is 6. The van der Waals surface area contributed by atoms with Crippen molar-refractivity contribution in [2.45, 2.75) is 80.9 Å². The van der Waals surface area contributed by atoms with E-state index in [-0.39, 0.29) is 29.2 Å². The number of carbonyl (C=O) groups excluding carboxylic acids is 1. The zero-order valence-corrected chi connectivity index (χ0v) is 21.8. The number of aromatic hydroxyl groups is 2. The van der Waals surface area contributed by atoms with Crippen LogP contribution in [-0.4, -0.2) is 115 Å². The smallest absolute Gasteiger partial charge is 0.229 e. The number of phenols is 2. The molecule has 14 heteroatoms. The number of ketones is 1. The number of aliphatic hydroxyl groups is 6. The van der Waals surface area contributed by atoms with E-state index in [1.54, 1.807) is 12.1 Å². The van der Waals surface area contributed by atoms with Crippen LogP contribution >= 0.6 is 0 Å². The molecule has 0 spiro atoms. The molecule has 3 heterocycles. The fraction of sp³-hybridized carbons (Fsp3) is 0.519. The summed E-state index contributed by atoms with van der Waals surface area (Å²) < 4.78 is 28.6. The van der Waals surface area contributed by atoms with Crippen LogP contribution in [-0.2, 0) is 14.2 Å². The van der Waals surface area contributed by atoms with E-state index in [1.807, 2.05) is 0 Å². The highest BCUT2D eigenvalue weighted by molar-refractivity contribution is 6.02. The number of ether oxygens (including phenoxy) is 5. The number of carbonyl (C=O) groups is 1. The minimum Gasteiger partial charge on any atom is -0.508 e. The molecule has 11 atom stereocenters. The largest absolute Gasteiger partial charge is 0.508 e. The van der Waals surface area contributed by atoms with E-state index in [4.69, 9.17) is 23.7 Å². The van der Waals surface area contributed by atoms with Crippen molar-refractivity contribution in [3.8, 4) is 23.0 Å². The van der Waals surface area contributed by atoms with E-state index in [0.717, 1.165) is 6.07 Å².